The second-order valence-corrected chi connectivity index (χ2v) is 8.86. The zero-order valence-corrected chi connectivity index (χ0v) is 19.0. The first-order valence-electron chi connectivity index (χ1n) is 10.7. The van der Waals surface area contributed by atoms with Crippen molar-refractivity contribution in [3.05, 3.63) is 126 Å². The molecule has 6 aromatic rings. The van der Waals surface area contributed by atoms with Crippen LogP contribution in [0.2, 0.25) is 0 Å². The third kappa shape index (κ3) is 3.07. The fourth-order valence-electron chi connectivity index (χ4n) is 4.67. The summed E-state index contributed by atoms with van der Waals surface area (Å²) in [6, 6.07) is 43.2. The van der Waals surface area contributed by atoms with Crippen LogP contribution in [-0.4, -0.2) is 4.57 Å². The minimum absolute atomic E-state index is 1.09. The zero-order chi connectivity index (χ0) is 21.5. The summed E-state index contributed by atoms with van der Waals surface area (Å²) >= 11 is 3.68. The van der Waals surface area contributed by atoms with Crippen molar-refractivity contribution in [2.45, 2.75) is 0 Å². The van der Waals surface area contributed by atoms with Crippen molar-refractivity contribution in [2.75, 3.05) is 0 Å². The number of hydrogen-bond donors (Lipinski definition) is 0. The number of nitrogens with zero attached hydrogens (tertiary/aromatic N) is 1. The molecule has 1 nitrogen and oxygen atoms in total. The maximum absolute atomic E-state index is 3.68. The molecule has 0 aliphatic carbocycles. The lowest BCUT2D eigenvalue weighted by Gasteiger charge is -2.19. The van der Waals surface area contributed by atoms with Crippen LogP contribution in [0.15, 0.2) is 126 Å². The van der Waals surface area contributed by atoms with Gasteiger partial charge in [0.1, 0.15) is 0 Å². The van der Waals surface area contributed by atoms with E-state index in [9.17, 15) is 0 Å². The minimum atomic E-state index is 1.09. The van der Waals surface area contributed by atoms with Gasteiger partial charge >= 0.3 is 0 Å². The molecule has 2 heteroatoms. The van der Waals surface area contributed by atoms with E-state index in [2.05, 4.69) is 142 Å². The Labute approximate surface area is 195 Å². The van der Waals surface area contributed by atoms with Gasteiger partial charge in [-0.1, -0.05) is 113 Å². The van der Waals surface area contributed by atoms with Gasteiger partial charge in [-0.25, -0.2) is 0 Å². The topological polar surface area (TPSA) is 4.93 Å². The second-order valence-electron chi connectivity index (χ2n) is 7.95. The smallest absolute Gasteiger partial charge is 0.0618 e. The Bertz CT molecular complexity index is 1510. The lowest BCUT2D eigenvalue weighted by molar-refractivity contribution is 1.18. The number of halogens is 1. The number of fused-ring (bicyclic) bond motifs is 3. The summed E-state index contributed by atoms with van der Waals surface area (Å²) in [5.41, 5.74) is 8.48. The highest BCUT2D eigenvalue weighted by Gasteiger charge is 2.19. The molecule has 0 fully saturated rings. The van der Waals surface area contributed by atoms with Crippen molar-refractivity contribution in [1.29, 1.82) is 0 Å². The van der Waals surface area contributed by atoms with E-state index >= 15 is 0 Å². The van der Waals surface area contributed by atoms with E-state index < -0.39 is 0 Å². The van der Waals surface area contributed by atoms with Crippen LogP contribution in [0, 0.1) is 0 Å². The van der Waals surface area contributed by atoms with Crippen LogP contribution >= 0.6 is 15.9 Å². The number of para-hydroxylation sites is 2. The maximum Gasteiger partial charge on any atom is 0.0618 e. The molecule has 152 valence electrons. The molecule has 32 heavy (non-hydrogen) atoms. The standard InChI is InChI=1S/C30H20BrN/c31-23-18-19-29-27(20-23)26-14-7-8-17-28(26)32(29)30-24(21-10-3-1-4-11-21)15-9-16-25(30)22-12-5-2-6-13-22/h1-20H. The molecule has 0 unspecified atom stereocenters. The summed E-state index contributed by atoms with van der Waals surface area (Å²) in [6.45, 7) is 0. The summed E-state index contributed by atoms with van der Waals surface area (Å²) in [5, 5.41) is 2.50. The normalized spacial score (nSPS) is 11.3. The van der Waals surface area contributed by atoms with Gasteiger partial charge in [0, 0.05) is 26.4 Å². The van der Waals surface area contributed by atoms with E-state index in [0.717, 1.165) is 4.47 Å². The summed E-state index contributed by atoms with van der Waals surface area (Å²) in [7, 11) is 0. The van der Waals surface area contributed by atoms with Crippen LogP contribution in [0.5, 0.6) is 0 Å². The largest absolute Gasteiger partial charge is 0.308 e. The zero-order valence-electron chi connectivity index (χ0n) is 17.4. The molecule has 0 atom stereocenters. The molecule has 6 rings (SSSR count). The van der Waals surface area contributed by atoms with Crippen LogP contribution in [0.25, 0.3) is 49.7 Å². The predicted octanol–water partition coefficient (Wildman–Crippen LogP) is 8.88. The van der Waals surface area contributed by atoms with Gasteiger partial charge in [-0.05, 0) is 35.4 Å². The molecule has 0 saturated heterocycles. The molecule has 5 aromatic carbocycles. The molecule has 0 amide bonds. The third-order valence-electron chi connectivity index (χ3n) is 6.06. The number of hydrogen-bond acceptors (Lipinski definition) is 0. The van der Waals surface area contributed by atoms with Gasteiger partial charge in [-0.15, -0.1) is 0 Å². The van der Waals surface area contributed by atoms with Crippen LogP contribution in [-0.2, 0) is 0 Å². The molecular weight excluding hydrogens is 454 g/mol. The van der Waals surface area contributed by atoms with Crippen molar-refractivity contribution in [2.24, 2.45) is 0 Å². The van der Waals surface area contributed by atoms with E-state index in [-0.39, 0.29) is 0 Å². The number of benzene rings is 5. The fraction of sp³-hybridized carbons (Fsp3) is 0. The van der Waals surface area contributed by atoms with Gasteiger partial charge in [0.05, 0.1) is 16.7 Å². The highest BCUT2D eigenvalue weighted by atomic mass is 79.9. The van der Waals surface area contributed by atoms with Crippen molar-refractivity contribution in [3.63, 3.8) is 0 Å². The summed E-state index contributed by atoms with van der Waals surface area (Å²) in [4.78, 5) is 0. The van der Waals surface area contributed by atoms with E-state index in [1.165, 1.54) is 49.7 Å². The monoisotopic (exact) mass is 473 g/mol. The molecule has 1 heterocycles. The lowest BCUT2D eigenvalue weighted by atomic mass is 9.95. The first-order chi connectivity index (χ1) is 15.8. The minimum Gasteiger partial charge on any atom is -0.308 e. The second kappa shape index (κ2) is 7.81. The van der Waals surface area contributed by atoms with Gasteiger partial charge in [0.15, 0.2) is 0 Å². The molecule has 0 radical (unpaired) electrons. The molecule has 0 aliphatic rings. The van der Waals surface area contributed by atoms with E-state index in [0.29, 0.717) is 0 Å². The van der Waals surface area contributed by atoms with Gasteiger partial charge in [0.25, 0.3) is 0 Å². The van der Waals surface area contributed by atoms with Gasteiger partial charge in [-0.3, -0.25) is 0 Å². The molecule has 0 bridgehead atoms. The van der Waals surface area contributed by atoms with Crippen molar-refractivity contribution >= 4 is 37.7 Å². The quantitative estimate of drug-likeness (QED) is 0.241. The average Bonchev–Trinajstić information content (AvgIpc) is 3.18. The highest BCUT2D eigenvalue weighted by Crippen LogP contribution is 2.41. The average molecular weight is 474 g/mol. The van der Waals surface area contributed by atoms with Gasteiger partial charge < -0.3 is 4.57 Å². The predicted molar refractivity (Wildman–Crippen MR) is 139 cm³/mol. The van der Waals surface area contributed by atoms with Crippen molar-refractivity contribution in [1.82, 2.24) is 4.57 Å². The van der Waals surface area contributed by atoms with Crippen LogP contribution in [0.1, 0.15) is 0 Å². The van der Waals surface area contributed by atoms with Gasteiger partial charge in [-0.2, -0.15) is 0 Å². The number of rotatable bonds is 3. The Hall–Kier alpha value is -3.62. The lowest BCUT2D eigenvalue weighted by Crippen LogP contribution is -2.00. The van der Waals surface area contributed by atoms with Crippen molar-refractivity contribution in [3.8, 4) is 27.9 Å². The van der Waals surface area contributed by atoms with Crippen LogP contribution in [0.4, 0.5) is 0 Å². The number of aromatic nitrogens is 1. The molecule has 0 N–H and O–H groups in total. The van der Waals surface area contributed by atoms with Crippen LogP contribution in [0.3, 0.4) is 0 Å². The van der Waals surface area contributed by atoms with Crippen molar-refractivity contribution < 1.29 is 0 Å². The molecule has 0 saturated carbocycles. The Morgan fingerprint density at radius 1 is 0.469 bits per heavy atom. The Kier molecular flexibility index (Phi) is 4.66. The van der Waals surface area contributed by atoms with Crippen LogP contribution < -0.4 is 0 Å². The van der Waals surface area contributed by atoms with E-state index in [4.69, 9.17) is 0 Å². The van der Waals surface area contributed by atoms with E-state index in [1.54, 1.807) is 0 Å². The summed E-state index contributed by atoms with van der Waals surface area (Å²) < 4.78 is 3.52. The Balaban J connectivity index is 1.81. The Morgan fingerprint density at radius 2 is 1.03 bits per heavy atom. The summed E-state index contributed by atoms with van der Waals surface area (Å²) in [5.74, 6) is 0. The fourth-order valence-corrected chi connectivity index (χ4v) is 5.03. The van der Waals surface area contributed by atoms with Gasteiger partial charge in [0.2, 0.25) is 0 Å². The first-order valence-corrected chi connectivity index (χ1v) is 11.5. The molecule has 1 aromatic heterocycles. The highest BCUT2D eigenvalue weighted by molar-refractivity contribution is 9.10. The maximum atomic E-state index is 3.68. The first kappa shape index (κ1) is 19.1. The summed E-state index contributed by atoms with van der Waals surface area (Å²) in [6.07, 6.45) is 0. The Morgan fingerprint density at radius 3 is 1.69 bits per heavy atom. The third-order valence-corrected chi connectivity index (χ3v) is 6.56. The molecule has 0 spiro atoms. The SMILES string of the molecule is Brc1ccc2c(c1)c1ccccc1n2-c1c(-c2ccccc2)cccc1-c1ccccc1. The van der Waals surface area contributed by atoms with E-state index in [1.807, 2.05) is 0 Å². The molecule has 0 aliphatic heterocycles. The molecular formula is C30H20BrN.